The minimum Gasteiger partial charge on any atom is -0.307 e. The zero-order valence-corrected chi connectivity index (χ0v) is 10.4. The van der Waals surface area contributed by atoms with Crippen molar-refractivity contribution in [2.75, 3.05) is 6.54 Å². The maximum Gasteiger partial charge on any atom is 0.183 e. The molecule has 6 heteroatoms. The summed E-state index contributed by atoms with van der Waals surface area (Å²) in [6, 6.07) is 0.252. The monoisotopic (exact) mass is 247 g/mol. The van der Waals surface area contributed by atoms with Crippen LogP contribution in [0.4, 0.5) is 0 Å². The first-order chi connectivity index (χ1) is 8.29. The van der Waals surface area contributed by atoms with Crippen molar-refractivity contribution in [3.05, 3.63) is 22.8 Å². The minimum absolute atomic E-state index is 0.252. The summed E-state index contributed by atoms with van der Waals surface area (Å²) in [6.07, 6.45) is 1.76. The molecule has 0 spiro atoms. The molecule has 2 aromatic heterocycles. The quantitative estimate of drug-likeness (QED) is 0.877. The molecule has 2 aromatic rings. The lowest BCUT2D eigenvalue weighted by Crippen LogP contribution is -2.32. The van der Waals surface area contributed by atoms with E-state index in [2.05, 4.69) is 38.6 Å². The summed E-state index contributed by atoms with van der Waals surface area (Å²) < 4.78 is 2.14. The lowest BCUT2D eigenvalue weighted by molar-refractivity contribution is 0.439. The largest absolute Gasteiger partial charge is 0.307 e. The summed E-state index contributed by atoms with van der Waals surface area (Å²) in [7, 11) is 0. The summed E-state index contributed by atoms with van der Waals surface area (Å²) in [6.45, 7) is 7.65. The van der Waals surface area contributed by atoms with E-state index in [-0.39, 0.29) is 6.04 Å². The van der Waals surface area contributed by atoms with Crippen molar-refractivity contribution < 1.29 is 0 Å². The molecule has 17 heavy (non-hydrogen) atoms. The normalized spacial score (nSPS) is 19.0. The van der Waals surface area contributed by atoms with Gasteiger partial charge in [0.15, 0.2) is 5.82 Å². The van der Waals surface area contributed by atoms with Crippen LogP contribution in [0.3, 0.4) is 0 Å². The van der Waals surface area contributed by atoms with E-state index in [4.69, 9.17) is 0 Å². The van der Waals surface area contributed by atoms with E-state index in [9.17, 15) is 0 Å². The highest BCUT2D eigenvalue weighted by Crippen LogP contribution is 2.24. The molecule has 3 heterocycles. The second-order valence-corrected chi connectivity index (χ2v) is 4.87. The van der Waals surface area contributed by atoms with Gasteiger partial charge in [-0.3, -0.25) is 0 Å². The standard InChI is InChI=1S/C11H13N5S/c1-3-9-13-8(6-17-9)11-15-14-10-7(2)12-4-5-16(10)11/h3,6-7,12H,1,4-5H2,2H3/t7-/m1/s1. The third-order valence-electron chi connectivity index (χ3n) is 2.88. The van der Waals surface area contributed by atoms with Crippen molar-refractivity contribution in [3.63, 3.8) is 0 Å². The first-order valence-corrected chi connectivity index (χ1v) is 6.42. The van der Waals surface area contributed by atoms with Crippen molar-refractivity contribution in [1.82, 2.24) is 25.1 Å². The second-order valence-electron chi connectivity index (χ2n) is 3.98. The average molecular weight is 247 g/mol. The number of aromatic nitrogens is 4. The van der Waals surface area contributed by atoms with Crippen molar-refractivity contribution in [2.45, 2.75) is 19.5 Å². The van der Waals surface area contributed by atoms with Crippen molar-refractivity contribution >= 4 is 17.4 Å². The molecule has 0 bridgehead atoms. The predicted molar refractivity (Wildman–Crippen MR) is 67.6 cm³/mol. The third-order valence-corrected chi connectivity index (χ3v) is 3.72. The number of nitrogens with one attached hydrogen (secondary N) is 1. The number of nitrogens with zero attached hydrogens (tertiary/aromatic N) is 4. The summed E-state index contributed by atoms with van der Waals surface area (Å²) in [5.41, 5.74) is 0.887. The minimum atomic E-state index is 0.252. The van der Waals surface area contributed by atoms with Gasteiger partial charge in [-0.15, -0.1) is 21.5 Å². The lowest BCUT2D eigenvalue weighted by atomic mass is 10.2. The Balaban J connectivity index is 2.06. The van der Waals surface area contributed by atoms with Gasteiger partial charge in [0.05, 0.1) is 6.04 Å². The van der Waals surface area contributed by atoms with Gasteiger partial charge in [0, 0.05) is 18.5 Å². The summed E-state index contributed by atoms with van der Waals surface area (Å²) >= 11 is 1.57. The molecule has 0 aliphatic carbocycles. The van der Waals surface area contributed by atoms with Crippen LogP contribution in [0, 0.1) is 0 Å². The van der Waals surface area contributed by atoms with Crippen LogP contribution >= 0.6 is 11.3 Å². The molecular formula is C11H13N5S. The summed E-state index contributed by atoms with van der Waals surface area (Å²) in [5.74, 6) is 1.84. The van der Waals surface area contributed by atoms with Gasteiger partial charge in [-0.2, -0.15) is 0 Å². The van der Waals surface area contributed by atoms with Crippen LogP contribution in [-0.2, 0) is 6.54 Å². The molecule has 0 aromatic carbocycles. The first-order valence-electron chi connectivity index (χ1n) is 5.54. The molecular weight excluding hydrogens is 234 g/mol. The molecule has 3 rings (SSSR count). The highest BCUT2D eigenvalue weighted by molar-refractivity contribution is 7.10. The maximum absolute atomic E-state index is 4.46. The molecule has 1 atom stereocenters. The fourth-order valence-corrected chi connectivity index (χ4v) is 2.65. The Labute approximate surface area is 103 Å². The first kappa shape index (κ1) is 10.6. The molecule has 0 unspecified atom stereocenters. The highest BCUT2D eigenvalue weighted by atomic mass is 32.1. The van der Waals surface area contributed by atoms with Crippen molar-refractivity contribution in [1.29, 1.82) is 0 Å². The predicted octanol–water partition coefficient (Wildman–Crippen LogP) is 1.71. The maximum atomic E-state index is 4.46. The Bertz CT molecular complexity index is 556. The average Bonchev–Trinajstić information content (AvgIpc) is 2.94. The number of hydrogen-bond donors (Lipinski definition) is 1. The van der Waals surface area contributed by atoms with Crippen LogP contribution in [0.25, 0.3) is 17.6 Å². The van der Waals surface area contributed by atoms with Gasteiger partial charge in [0.2, 0.25) is 0 Å². The van der Waals surface area contributed by atoms with E-state index in [1.54, 1.807) is 17.4 Å². The van der Waals surface area contributed by atoms with Crippen molar-refractivity contribution in [3.8, 4) is 11.5 Å². The molecule has 0 fully saturated rings. The van der Waals surface area contributed by atoms with Crippen LogP contribution in [0.5, 0.6) is 0 Å². The molecule has 88 valence electrons. The van der Waals surface area contributed by atoms with Crippen LogP contribution in [-0.4, -0.2) is 26.3 Å². The number of thiazole rings is 1. The molecule has 0 saturated heterocycles. The fourth-order valence-electron chi connectivity index (χ4n) is 2.01. The van der Waals surface area contributed by atoms with E-state index in [0.29, 0.717) is 0 Å². The van der Waals surface area contributed by atoms with E-state index < -0.39 is 0 Å². The van der Waals surface area contributed by atoms with Gasteiger partial charge in [0.1, 0.15) is 16.5 Å². The SMILES string of the molecule is C=Cc1nc(-c2nnc3n2CCN[C@@H]3C)cs1. The van der Waals surface area contributed by atoms with E-state index in [0.717, 1.165) is 35.4 Å². The fraction of sp³-hybridized carbons (Fsp3) is 0.364. The number of fused-ring (bicyclic) bond motifs is 1. The molecule has 0 amide bonds. The van der Waals surface area contributed by atoms with Gasteiger partial charge in [-0.05, 0) is 13.0 Å². The number of hydrogen-bond acceptors (Lipinski definition) is 5. The van der Waals surface area contributed by atoms with Crippen LogP contribution < -0.4 is 5.32 Å². The van der Waals surface area contributed by atoms with E-state index in [1.807, 2.05) is 5.38 Å². The molecule has 1 aliphatic heterocycles. The highest BCUT2D eigenvalue weighted by Gasteiger charge is 2.22. The van der Waals surface area contributed by atoms with Gasteiger partial charge >= 0.3 is 0 Å². The van der Waals surface area contributed by atoms with Crippen LogP contribution in [0.2, 0.25) is 0 Å². The van der Waals surface area contributed by atoms with Crippen molar-refractivity contribution in [2.24, 2.45) is 0 Å². The zero-order valence-electron chi connectivity index (χ0n) is 9.55. The Morgan fingerprint density at radius 3 is 3.24 bits per heavy atom. The molecule has 1 N–H and O–H groups in total. The van der Waals surface area contributed by atoms with Crippen LogP contribution in [0.15, 0.2) is 12.0 Å². The van der Waals surface area contributed by atoms with Gasteiger partial charge in [-0.1, -0.05) is 6.58 Å². The topological polar surface area (TPSA) is 55.6 Å². The van der Waals surface area contributed by atoms with E-state index in [1.165, 1.54) is 0 Å². The molecule has 0 saturated carbocycles. The van der Waals surface area contributed by atoms with E-state index >= 15 is 0 Å². The third kappa shape index (κ3) is 1.69. The Kier molecular flexibility index (Phi) is 2.53. The Hall–Kier alpha value is -1.53. The zero-order chi connectivity index (χ0) is 11.8. The van der Waals surface area contributed by atoms with Gasteiger partial charge in [-0.25, -0.2) is 4.98 Å². The lowest BCUT2D eigenvalue weighted by Gasteiger charge is -2.21. The van der Waals surface area contributed by atoms with Crippen LogP contribution in [0.1, 0.15) is 23.8 Å². The Morgan fingerprint density at radius 1 is 1.59 bits per heavy atom. The summed E-state index contributed by atoms with van der Waals surface area (Å²) in [5, 5.41) is 14.8. The molecule has 0 radical (unpaired) electrons. The molecule has 5 nitrogen and oxygen atoms in total. The summed E-state index contributed by atoms with van der Waals surface area (Å²) in [4.78, 5) is 4.46. The second kappa shape index (κ2) is 4.05. The van der Waals surface area contributed by atoms with Gasteiger partial charge in [0.25, 0.3) is 0 Å². The number of rotatable bonds is 2. The van der Waals surface area contributed by atoms with Gasteiger partial charge < -0.3 is 9.88 Å². The smallest absolute Gasteiger partial charge is 0.183 e. The Morgan fingerprint density at radius 2 is 2.47 bits per heavy atom. The molecule has 1 aliphatic rings.